The molecule has 2 aromatic carbocycles. The Kier molecular flexibility index (Phi) is 2.95. The van der Waals surface area contributed by atoms with Crippen molar-refractivity contribution in [3.63, 3.8) is 0 Å². The highest BCUT2D eigenvalue weighted by molar-refractivity contribution is 7.22. The zero-order valence-electron chi connectivity index (χ0n) is 10.7. The van der Waals surface area contributed by atoms with Crippen molar-refractivity contribution in [2.75, 3.05) is 5.32 Å². The number of para-hydroxylation sites is 1. The highest BCUT2D eigenvalue weighted by Gasteiger charge is 2.07. The van der Waals surface area contributed by atoms with Gasteiger partial charge in [0.05, 0.1) is 10.2 Å². The van der Waals surface area contributed by atoms with Crippen molar-refractivity contribution in [1.82, 2.24) is 4.98 Å². The summed E-state index contributed by atoms with van der Waals surface area (Å²) in [6.45, 7) is 4.12. The molecule has 96 valence electrons. The van der Waals surface area contributed by atoms with Gasteiger partial charge < -0.3 is 5.32 Å². The number of thiazole rings is 1. The van der Waals surface area contributed by atoms with Gasteiger partial charge in [-0.25, -0.2) is 9.37 Å². The number of fused-ring (bicyclic) bond motifs is 1. The molecule has 19 heavy (non-hydrogen) atoms. The Balaban J connectivity index is 2.01. The van der Waals surface area contributed by atoms with Crippen LogP contribution in [-0.4, -0.2) is 4.98 Å². The molecule has 3 rings (SSSR count). The number of aromatic nitrogens is 1. The van der Waals surface area contributed by atoms with Crippen molar-refractivity contribution in [1.29, 1.82) is 0 Å². The van der Waals surface area contributed by atoms with Crippen molar-refractivity contribution in [3.8, 4) is 0 Å². The van der Waals surface area contributed by atoms with Crippen LogP contribution in [0.15, 0.2) is 36.4 Å². The van der Waals surface area contributed by atoms with E-state index >= 15 is 0 Å². The minimum absolute atomic E-state index is 0.227. The van der Waals surface area contributed by atoms with E-state index in [9.17, 15) is 4.39 Å². The smallest absolute Gasteiger partial charge is 0.188 e. The number of benzene rings is 2. The Morgan fingerprint density at radius 1 is 1.11 bits per heavy atom. The lowest BCUT2D eigenvalue weighted by molar-refractivity contribution is 0.630. The molecular weight excluding hydrogens is 259 g/mol. The molecule has 4 heteroatoms. The first kappa shape index (κ1) is 12.1. The second kappa shape index (κ2) is 4.63. The number of nitrogens with one attached hydrogen (secondary N) is 1. The molecule has 1 heterocycles. The average Bonchev–Trinajstić information content (AvgIpc) is 2.75. The van der Waals surface area contributed by atoms with Gasteiger partial charge in [-0.15, -0.1) is 0 Å². The summed E-state index contributed by atoms with van der Waals surface area (Å²) in [6.07, 6.45) is 0. The van der Waals surface area contributed by atoms with Gasteiger partial charge in [-0.05, 0) is 43.2 Å². The van der Waals surface area contributed by atoms with Crippen LogP contribution in [0.1, 0.15) is 11.1 Å². The topological polar surface area (TPSA) is 24.9 Å². The average molecular weight is 272 g/mol. The molecule has 0 fully saturated rings. The van der Waals surface area contributed by atoms with Crippen LogP contribution >= 0.6 is 11.3 Å². The predicted octanol–water partition coefficient (Wildman–Crippen LogP) is 4.80. The van der Waals surface area contributed by atoms with Crippen molar-refractivity contribution in [3.05, 3.63) is 53.3 Å². The molecule has 0 aliphatic heterocycles. The quantitative estimate of drug-likeness (QED) is 0.725. The molecule has 0 aliphatic rings. The monoisotopic (exact) mass is 272 g/mol. The van der Waals surface area contributed by atoms with Gasteiger partial charge >= 0.3 is 0 Å². The summed E-state index contributed by atoms with van der Waals surface area (Å²) in [5, 5.41) is 4.12. The molecule has 0 amide bonds. The van der Waals surface area contributed by atoms with Crippen LogP contribution in [0.4, 0.5) is 15.2 Å². The minimum atomic E-state index is -0.227. The van der Waals surface area contributed by atoms with E-state index in [0.717, 1.165) is 21.0 Å². The molecule has 0 aliphatic carbocycles. The second-order valence-corrected chi connectivity index (χ2v) is 5.55. The fourth-order valence-corrected chi connectivity index (χ4v) is 2.97. The third-order valence-corrected chi connectivity index (χ3v) is 4.00. The molecule has 0 saturated carbocycles. The number of hydrogen-bond donors (Lipinski definition) is 1. The van der Waals surface area contributed by atoms with Gasteiger partial charge in [0, 0.05) is 5.69 Å². The normalized spacial score (nSPS) is 10.9. The highest BCUT2D eigenvalue weighted by Crippen LogP contribution is 2.31. The van der Waals surface area contributed by atoms with Crippen LogP contribution in [0.3, 0.4) is 0 Å². The largest absolute Gasteiger partial charge is 0.331 e. The molecule has 0 radical (unpaired) electrons. The lowest BCUT2D eigenvalue weighted by Gasteiger charge is -2.09. The van der Waals surface area contributed by atoms with Gasteiger partial charge in [0.1, 0.15) is 5.82 Å². The van der Waals surface area contributed by atoms with Crippen molar-refractivity contribution in [2.45, 2.75) is 13.8 Å². The van der Waals surface area contributed by atoms with E-state index in [1.54, 1.807) is 6.07 Å². The molecule has 0 bridgehead atoms. The maximum Gasteiger partial charge on any atom is 0.188 e. The van der Waals surface area contributed by atoms with Crippen molar-refractivity contribution >= 4 is 32.4 Å². The number of rotatable bonds is 2. The molecule has 2 nitrogen and oxygen atoms in total. The Bertz CT molecular complexity index is 729. The zero-order valence-corrected chi connectivity index (χ0v) is 11.5. The number of nitrogens with zero attached hydrogens (tertiary/aromatic N) is 1. The van der Waals surface area contributed by atoms with E-state index in [2.05, 4.69) is 36.3 Å². The van der Waals surface area contributed by atoms with E-state index in [1.165, 1.54) is 34.6 Å². The molecule has 0 saturated heterocycles. The Morgan fingerprint density at radius 2 is 1.84 bits per heavy atom. The number of hydrogen-bond acceptors (Lipinski definition) is 3. The minimum Gasteiger partial charge on any atom is -0.331 e. The van der Waals surface area contributed by atoms with Crippen LogP contribution in [0, 0.1) is 19.7 Å². The van der Waals surface area contributed by atoms with E-state index in [1.807, 2.05) is 6.07 Å². The summed E-state index contributed by atoms with van der Waals surface area (Å²) in [7, 11) is 0. The molecular formula is C15H13FN2S. The van der Waals surface area contributed by atoms with Crippen molar-refractivity contribution < 1.29 is 4.39 Å². The molecule has 0 atom stereocenters. The lowest BCUT2D eigenvalue weighted by atomic mass is 10.1. The molecule has 3 aromatic rings. The Hall–Kier alpha value is -1.94. The fourth-order valence-electron chi connectivity index (χ4n) is 2.07. The van der Waals surface area contributed by atoms with E-state index in [0.29, 0.717) is 0 Å². The summed E-state index contributed by atoms with van der Waals surface area (Å²) in [5.74, 6) is -0.227. The maximum atomic E-state index is 13.2. The predicted molar refractivity (Wildman–Crippen MR) is 78.8 cm³/mol. The van der Waals surface area contributed by atoms with Crippen LogP contribution in [0.2, 0.25) is 0 Å². The zero-order chi connectivity index (χ0) is 13.4. The third-order valence-electron chi connectivity index (χ3n) is 3.06. The first-order valence-corrected chi connectivity index (χ1v) is 6.84. The lowest BCUT2D eigenvalue weighted by Crippen LogP contribution is -1.94. The highest BCUT2D eigenvalue weighted by atomic mass is 32.1. The Labute approximate surface area is 114 Å². The van der Waals surface area contributed by atoms with E-state index in [4.69, 9.17) is 0 Å². The van der Waals surface area contributed by atoms with Gasteiger partial charge in [-0.1, -0.05) is 29.5 Å². The van der Waals surface area contributed by atoms with E-state index < -0.39 is 0 Å². The first-order valence-electron chi connectivity index (χ1n) is 6.03. The Morgan fingerprint density at radius 3 is 2.58 bits per heavy atom. The number of halogens is 1. The van der Waals surface area contributed by atoms with Gasteiger partial charge in [-0.2, -0.15) is 0 Å². The standard InChI is InChI=1S/C15H13FN2S/c1-9-4-3-5-10(2)14(9)18-15-17-12-7-6-11(16)8-13(12)19-15/h3-8H,1-2H3,(H,17,18). The molecule has 1 aromatic heterocycles. The second-order valence-electron chi connectivity index (χ2n) is 4.52. The fraction of sp³-hybridized carbons (Fsp3) is 0.133. The van der Waals surface area contributed by atoms with Crippen molar-refractivity contribution in [2.24, 2.45) is 0 Å². The molecule has 0 unspecified atom stereocenters. The summed E-state index contributed by atoms with van der Waals surface area (Å²) in [4.78, 5) is 4.47. The first-order chi connectivity index (χ1) is 9.13. The molecule has 0 spiro atoms. The van der Waals surface area contributed by atoms with Crippen LogP contribution in [0.25, 0.3) is 10.2 Å². The number of aryl methyl sites for hydroxylation is 2. The summed E-state index contributed by atoms with van der Waals surface area (Å²) in [6, 6.07) is 10.8. The van der Waals surface area contributed by atoms with E-state index in [-0.39, 0.29) is 5.82 Å². The van der Waals surface area contributed by atoms with Crippen LogP contribution in [-0.2, 0) is 0 Å². The summed E-state index contributed by atoms with van der Waals surface area (Å²) >= 11 is 1.46. The number of anilines is 2. The SMILES string of the molecule is Cc1cccc(C)c1Nc1nc2ccc(F)cc2s1. The van der Waals surface area contributed by atoms with Gasteiger partial charge in [0.15, 0.2) is 5.13 Å². The maximum absolute atomic E-state index is 13.2. The summed E-state index contributed by atoms with van der Waals surface area (Å²) < 4.78 is 14.0. The van der Waals surface area contributed by atoms with Gasteiger partial charge in [-0.3, -0.25) is 0 Å². The van der Waals surface area contributed by atoms with Gasteiger partial charge in [0.25, 0.3) is 0 Å². The third kappa shape index (κ3) is 2.31. The van der Waals surface area contributed by atoms with Gasteiger partial charge in [0.2, 0.25) is 0 Å². The summed E-state index contributed by atoms with van der Waals surface area (Å²) in [5.41, 5.74) is 4.23. The molecule has 1 N–H and O–H groups in total. The van der Waals surface area contributed by atoms with Crippen LogP contribution < -0.4 is 5.32 Å². The van der Waals surface area contributed by atoms with Crippen LogP contribution in [0.5, 0.6) is 0 Å².